The number of hydrogen-bond donors (Lipinski definition) is 3. The van der Waals surface area contributed by atoms with Crippen molar-refractivity contribution in [2.45, 2.75) is 6.42 Å². The van der Waals surface area contributed by atoms with Gasteiger partial charge in [-0.2, -0.15) is 0 Å². The number of carbonyl (C=O) groups excluding carboxylic acids is 1. The van der Waals surface area contributed by atoms with Crippen LogP contribution in [0.25, 0.3) is 0 Å². The summed E-state index contributed by atoms with van der Waals surface area (Å²) in [6, 6.07) is 4.63. The first-order valence-corrected chi connectivity index (χ1v) is 6.03. The molecule has 0 aliphatic carbocycles. The van der Waals surface area contributed by atoms with E-state index < -0.39 is 0 Å². The average Bonchev–Trinajstić information content (AvgIpc) is 2.29. The zero-order valence-corrected chi connectivity index (χ0v) is 11.0. The molecule has 0 aromatic heterocycles. The molecule has 4 nitrogen and oxygen atoms in total. The van der Waals surface area contributed by atoms with Crippen molar-refractivity contribution in [2.75, 3.05) is 25.5 Å². The fourth-order valence-corrected chi connectivity index (χ4v) is 1.56. The van der Waals surface area contributed by atoms with E-state index in [0.29, 0.717) is 22.3 Å². The van der Waals surface area contributed by atoms with Crippen molar-refractivity contribution < 1.29 is 4.79 Å². The lowest BCUT2D eigenvalue weighted by Crippen LogP contribution is -2.30. The van der Waals surface area contributed by atoms with Crippen molar-refractivity contribution in [1.82, 2.24) is 10.6 Å². The third-order valence-electron chi connectivity index (χ3n) is 2.07. The van der Waals surface area contributed by atoms with Gasteiger partial charge >= 0.3 is 6.03 Å². The summed E-state index contributed by atoms with van der Waals surface area (Å²) in [5, 5.41) is 9.35. The first-order valence-electron chi connectivity index (χ1n) is 5.28. The molecule has 0 heterocycles. The molecule has 0 spiro atoms. The van der Waals surface area contributed by atoms with Crippen LogP contribution in [0.1, 0.15) is 6.42 Å². The normalized spacial score (nSPS) is 10.1. The molecule has 0 unspecified atom stereocenters. The van der Waals surface area contributed by atoms with E-state index in [0.717, 1.165) is 13.0 Å². The van der Waals surface area contributed by atoms with Crippen molar-refractivity contribution in [1.29, 1.82) is 0 Å². The maximum Gasteiger partial charge on any atom is 0.319 e. The molecular weight excluding hydrogens is 261 g/mol. The molecular formula is C11H15Cl2N3O. The summed E-state index contributed by atoms with van der Waals surface area (Å²) in [4.78, 5) is 11.5. The quantitative estimate of drug-likeness (QED) is 0.724. The lowest BCUT2D eigenvalue weighted by molar-refractivity contribution is 0.252. The highest BCUT2D eigenvalue weighted by Gasteiger charge is 2.05. The van der Waals surface area contributed by atoms with Crippen molar-refractivity contribution in [2.24, 2.45) is 0 Å². The number of benzene rings is 1. The van der Waals surface area contributed by atoms with Crippen LogP contribution < -0.4 is 16.0 Å². The van der Waals surface area contributed by atoms with Gasteiger partial charge in [0.25, 0.3) is 0 Å². The van der Waals surface area contributed by atoms with Crippen molar-refractivity contribution in [3.05, 3.63) is 28.2 Å². The van der Waals surface area contributed by atoms with Gasteiger partial charge in [0.05, 0.1) is 10.7 Å². The first-order chi connectivity index (χ1) is 8.13. The Morgan fingerprint density at radius 2 is 2.06 bits per heavy atom. The highest BCUT2D eigenvalue weighted by atomic mass is 35.5. The lowest BCUT2D eigenvalue weighted by Gasteiger charge is -2.09. The minimum Gasteiger partial charge on any atom is -0.338 e. The third kappa shape index (κ3) is 5.26. The summed E-state index contributed by atoms with van der Waals surface area (Å²) in [6.45, 7) is 1.46. The molecule has 1 aromatic rings. The smallest absolute Gasteiger partial charge is 0.319 e. The Balaban J connectivity index is 2.42. The first kappa shape index (κ1) is 14.1. The van der Waals surface area contributed by atoms with Gasteiger partial charge < -0.3 is 16.0 Å². The molecule has 1 rings (SSSR count). The van der Waals surface area contributed by atoms with Gasteiger partial charge in [0.1, 0.15) is 0 Å². The number of hydrogen-bond acceptors (Lipinski definition) is 2. The molecule has 0 atom stereocenters. The van der Waals surface area contributed by atoms with Gasteiger partial charge in [0.2, 0.25) is 0 Å². The molecule has 6 heteroatoms. The number of anilines is 1. The van der Waals surface area contributed by atoms with Crippen LogP contribution in [0, 0.1) is 0 Å². The molecule has 2 amide bonds. The van der Waals surface area contributed by atoms with E-state index in [1.54, 1.807) is 18.2 Å². The van der Waals surface area contributed by atoms with Crippen LogP contribution in [0.4, 0.5) is 10.5 Å². The summed E-state index contributed by atoms with van der Waals surface area (Å²) in [5.74, 6) is 0. The van der Waals surface area contributed by atoms with Crippen LogP contribution in [0.15, 0.2) is 18.2 Å². The van der Waals surface area contributed by atoms with Gasteiger partial charge in [0, 0.05) is 11.6 Å². The van der Waals surface area contributed by atoms with Crippen LogP contribution in [0.3, 0.4) is 0 Å². The van der Waals surface area contributed by atoms with E-state index >= 15 is 0 Å². The lowest BCUT2D eigenvalue weighted by atomic mass is 10.3. The Hall–Kier alpha value is -0.970. The van der Waals surface area contributed by atoms with Crippen molar-refractivity contribution >= 4 is 34.9 Å². The molecule has 3 N–H and O–H groups in total. The Morgan fingerprint density at radius 3 is 2.76 bits per heavy atom. The molecule has 0 saturated heterocycles. The molecule has 0 radical (unpaired) electrons. The molecule has 17 heavy (non-hydrogen) atoms. The van der Waals surface area contributed by atoms with E-state index in [9.17, 15) is 4.79 Å². The summed E-state index contributed by atoms with van der Waals surface area (Å²) in [5.41, 5.74) is 0.505. The van der Waals surface area contributed by atoms with Crippen LogP contribution in [-0.2, 0) is 0 Å². The highest BCUT2D eigenvalue weighted by molar-refractivity contribution is 6.35. The largest absolute Gasteiger partial charge is 0.338 e. The fourth-order valence-electron chi connectivity index (χ4n) is 1.23. The molecule has 1 aromatic carbocycles. The predicted molar refractivity (Wildman–Crippen MR) is 72.0 cm³/mol. The van der Waals surface area contributed by atoms with Gasteiger partial charge in [-0.1, -0.05) is 23.2 Å². The molecule has 0 aliphatic heterocycles. The summed E-state index contributed by atoms with van der Waals surface area (Å²) >= 11 is 11.7. The highest BCUT2D eigenvalue weighted by Crippen LogP contribution is 2.25. The molecule has 0 saturated carbocycles. The molecule has 0 fully saturated rings. The minimum absolute atomic E-state index is 0.287. The number of urea groups is 1. The van der Waals surface area contributed by atoms with Gasteiger partial charge in [-0.15, -0.1) is 0 Å². The Kier molecular flexibility index (Phi) is 6.11. The number of rotatable bonds is 5. The van der Waals surface area contributed by atoms with E-state index in [-0.39, 0.29) is 6.03 Å². The second-order valence-electron chi connectivity index (χ2n) is 3.46. The van der Waals surface area contributed by atoms with Gasteiger partial charge in [0.15, 0.2) is 0 Å². The molecule has 0 bridgehead atoms. The van der Waals surface area contributed by atoms with Crippen molar-refractivity contribution in [3.63, 3.8) is 0 Å². The van der Waals surface area contributed by atoms with Crippen molar-refractivity contribution in [3.8, 4) is 0 Å². The summed E-state index contributed by atoms with van der Waals surface area (Å²) in [6.07, 6.45) is 0.868. The second-order valence-corrected chi connectivity index (χ2v) is 4.31. The summed E-state index contributed by atoms with van der Waals surface area (Å²) in [7, 11) is 1.87. The van der Waals surface area contributed by atoms with Gasteiger partial charge in [-0.3, -0.25) is 0 Å². The maximum absolute atomic E-state index is 11.5. The van der Waals surface area contributed by atoms with E-state index in [2.05, 4.69) is 16.0 Å². The Morgan fingerprint density at radius 1 is 1.29 bits per heavy atom. The zero-order valence-electron chi connectivity index (χ0n) is 9.52. The molecule has 94 valence electrons. The zero-order chi connectivity index (χ0) is 12.7. The average molecular weight is 276 g/mol. The minimum atomic E-state index is -0.287. The SMILES string of the molecule is CNCCCNC(=O)Nc1cc(Cl)ccc1Cl. The van der Waals surface area contributed by atoms with Crippen LogP contribution in [0.5, 0.6) is 0 Å². The maximum atomic E-state index is 11.5. The monoisotopic (exact) mass is 275 g/mol. The van der Waals surface area contributed by atoms with E-state index in [1.165, 1.54) is 0 Å². The van der Waals surface area contributed by atoms with E-state index in [4.69, 9.17) is 23.2 Å². The predicted octanol–water partition coefficient (Wildman–Crippen LogP) is 2.72. The Labute approximate surface area is 111 Å². The molecule has 0 aliphatic rings. The fraction of sp³-hybridized carbons (Fsp3) is 0.364. The number of nitrogens with one attached hydrogen (secondary N) is 3. The van der Waals surface area contributed by atoms with Crippen LogP contribution >= 0.6 is 23.2 Å². The number of carbonyl (C=O) groups is 1. The second kappa shape index (κ2) is 7.37. The Bertz CT molecular complexity index is 385. The van der Waals surface area contributed by atoms with E-state index in [1.807, 2.05) is 7.05 Å². The van der Waals surface area contributed by atoms with Gasteiger partial charge in [-0.25, -0.2) is 4.79 Å². The standard InChI is InChI=1S/C11H15Cl2N3O/c1-14-5-2-6-15-11(17)16-10-7-8(12)3-4-9(10)13/h3-4,7,14H,2,5-6H2,1H3,(H2,15,16,17). The third-order valence-corrected chi connectivity index (χ3v) is 2.63. The summed E-state index contributed by atoms with van der Waals surface area (Å²) < 4.78 is 0. The van der Waals surface area contributed by atoms with Crippen LogP contribution in [0.2, 0.25) is 10.0 Å². The topological polar surface area (TPSA) is 53.2 Å². The van der Waals surface area contributed by atoms with Gasteiger partial charge in [-0.05, 0) is 38.2 Å². The van der Waals surface area contributed by atoms with Crippen LogP contribution in [-0.4, -0.2) is 26.2 Å². The number of halogens is 2. The number of amides is 2.